The molecule has 0 aliphatic carbocycles. The molecule has 1 unspecified atom stereocenters. The van der Waals surface area contributed by atoms with E-state index < -0.39 is 11.9 Å². The number of benzene rings is 2. The molecule has 0 aliphatic rings. The monoisotopic (exact) mass is 343 g/mol. The zero-order chi connectivity index (χ0) is 17.7. The normalized spacial score (nSPS) is 12.0. The number of carbonyl (C=O) groups is 2. The van der Waals surface area contributed by atoms with E-state index in [-0.39, 0.29) is 5.91 Å². The Bertz CT molecular complexity index is 743. The van der Waals surface area contributed by atoms with E-state index in [9.17, 15) is 9.59 Å². The molecule has 126 valence electrons. The van der Waals surface area contributed by atoms with E-state index >= 15 is 0 Å². The van der Waals surface area contributed by atoms with Crippen molar-refractivity contribution in [3.05, 3.63) is 59.7 Å². The molecule has 2 rings (SSSR count). The van der Waals surface area contributed by atoms with Crippen LogP contribution in [0.15, 0.2) is 53.4 Å². The smallest absolute Gasteiger partial charge is 0.310 e. The lowest BCUT2D eigenvalue weighted by molar-refractivity contribution is -0.138. The van der Waals surface area contributed by atoms with Crippen molar-refractivity contribution in [1.82, 2.24) is 0 Å². The summed E-state index contributed by atoms with van der Waals surface area (Å²) in [6, 6.07) is 14.4. The van der Waals surface area contributed by atoms with Crippen molar-refractivity contribution in [2.24, 2.45) is 0 Å². The van der Waals surface area contributed by atoms with Crippen molar-refractivity contribution in [2.45, 2.75) is 36.8 Å². The SMILES string of the molecule is CC(C)Sc1ccccc1C(=O)Nc1cccc(C(C)C(=O)O)c1. The summed E-state index contributed by atoms with van der Waals surface area (Å²) in [5.41, 5.74) is 1.87. The van der Waals surface area contributed by atoms with Crippen molar-refractivity contribution in [3.8, 4) is 0 Å². The average Bonchev–Trinajstić information content (AvgIpc) is 2.54. The minimum Gasteiger partial charge on any atom is -0.481 e. The van der Waals surface area contributed by atoms with Crippen LogP contribution in [0, 0.1) is 0 Å². The molecule has 2 aromatic rings. The van der Waals surface area contributed by atoms with E-state index in [4.69, 9.17) is 5.11 Å². The van der Waals surface area contributed by atoms with E-state index in [0.717, 1.165) is 4.90 Å². The topological polar surface area (TPSA) is 66.4 Å². The zero-order valence-corrected chi connectivity index (χ0v) is 14.8. The molecule has 24 heavy (non-hydrogen) atoms. The van der Waals surface area contributed by atoms with Crippen LogP contribution in [-0.2, 0) is 4.79 Å². The van der Waals surface area contributed by atoms with Crippen LogP contribution in [0.1, 0.15) is 42.6 Å². The number of thioether (sulfide) groups is 1. The molecular formula is C19H21NO3S. The molecule has 1 atom stereocenters. The molecule has 0 heterocycles. The van der Waals surface area contributed by atoms with E-state index in [1.807, 2.05) is 18.2 Å². The summed E-state index contributed by atoms with van der Waals surface area (Å²) in [7, 11) is 0. The molecule has 4 nitrogen and oxygen atoms in total. The minimum atomic E-state index is -0.892. The number of carboxylic acids is 1. The molecule has 0 bridgehead atoms. The Labute approximate surface area is 146 Å². The molecule has 1 amide bonds. The van der Waals surface area contributed by atoms with Crippen molar-refractivity contribution in [2.75, 3.05) is 5.32 Å². The Kier molecular flexibility index (Phi) is 6.04. The quantitative estimate of drug-likeness (QED) is 0.751. The highest BCUT2D eigenvalue weighted by molar-refractivity contribution is 8.00. The maximum Gasteiger partial charge on any atom is 0.310 e. The molecule has 2 aromatic carbocycles. The summed E-state index contributed by atoms with van der Waals surface area (Å²) in [5.74, 6) is -1.71. The number of carbonyl (C=O) groups excluding carboxylic acids is 1. The highest BCUT2D eigenvalue weighted by Gasteiger charge is 2.16. The van der Waals surface area contributed by atoms with Crippen LogP contribution in [0.2, 0.25) is 0 Å². The first kappa shape index (κ1) is 18.1. The molecule has 2 N–H and O–H groups in total. The summed E-state index contributed by atoms with van der Waals surface area (Å²) >= 11 is 1.64. The van der Waals surface area contributed by atoms with Gasteiger partial charge < -0.3 is 10.4 Å². The first-order chi connectivity index (χ1) is 11.4. The first-order valence-corrected chi connectivity index (χ1v) is 8.66. The van der Waals surface area contributed by atoms with Gasteiger partial charge in [0.15, 0.2) is 0 Å². The fraction of sp³-hybridized carbons (Fsp3) is 0.263. The molecule has 0 saturated heterocycles. The molecule has 0 aromatic heterocycles. The van der Waals surface area contributed by atoms with Crippen LogP contribution < -0.4 is 5.32 Å². The predicted molar refractivity (Wildman–Crippen MR) is 97.9 cm³/mol. The standard InChI is InChI=1S/C19H21NO3S/c1-12(2)24-17-10-5-4-9-16(17)18(21)20-15-8-6-7-14(11-15)13(3)19(22)23/h4-13H,1-3H3,(H,20,21)(H,22,23). The summed E-state index contributed by atoms with van der Waals surface area (Å²) < 4.78 is 0. The van der Waals surface area contributed by atoms with Crippen LogP contribution in [0.3, 0.4) is 0 Å². The molecule has 0 radical (unpaired) electrons. The van der Waals surface area contributed by atoms with Crippen LogP contribution in [-0.4, -0.2) is 22.2 Å². The maximum atomic E-state index is 12.6. The van der Waals surface area contributed by atoms with E-state index in [1.54, 1.807) is 49.0 Å². The van der Waals surface area contributed by atoms with Gasteiger partial charge in [-0.25, -0.2) is 0 Å². The molecule has 5 heteroatoms. The maximum absolute atomic E-state index is 12.6. The number of rotatable bonds is 6. The van der Waals surface area contributed by atoms with Gasteiger partial charge in [-0.1, -0.05) is 38.1 Å². The second kappa shape index (κ2) is 8.02. The summed E-state index contributed by atoms with van der Waals surface area (Å²) in [4.78, 5) is 24.6. The van der Waals surface area contributed by atoms with Gasteiger partial charge >= 0.3 is 5.97 Å². The molecule has 0 fully saturated rings. The number of nitrogens with one attached hydrogen (secondary N) is 1. The third kappa shape index (κ3) is 4.61. The first-order valence-electron chi connectivity index (χ1n) is 7.78. The number of anilines is 1. The van der Waals surface area contributed by atoms with Gasteiger partial charge in [-0.15, -0.1) is 11.8 Å². The van der Waals surface area contributed by atoms with E-state index in [1.165, 1.54) is 0 Å². The summed E-state index contributed by atoms with van der Waals surface area (Å²) in [5, 5.41) is 12.4. The molecule has 0 saturated carbocycles. The van der Waals surface area contributed by atoms with Gasteiger partial charge in [-0.05, 0) is 36.8 Å². The minimum absolute atomic E-state index is 0.195. The van der Waals surface area contributed by atoms with E-state index in [0.29, 0.717) is 22.1 Å². The third-order valence-corrected chi connectivity index (χ3v) is 4.59. The Morgan fingerprint density at radius 3 is 2.42 bits per heavy atom. The lowest BCUT2D eigenvalue weighted by Gasteiger charge is -2.13. The highest BCUT2D eigenvalue weighted by Crippen LogP contribution is 2.27. The van der Waals surface area contributed by atoms with Gasteiger partial charge in [0.25, 0.3) is 5.91 Å². The molecule has 0 aliphatic heterocycles. The second-order valence-electron chi connectivity index (χ2n) is 5.80. The fourth-order valence-corrected chi connectivity index (χ4v) is 3.19. The van der Waals surface area contributed by atoms with Crippen molar-refractivity contribution >= 4 is 29.3 Å². The zero-order valence-electron chi connectivity index (χ0n) is 13.9. The highest BCUT2D eigenvalue weighted by atomic mass is 32.2. The lowest BCUT2D eigenvalue weighted by Crippen LogP contribution is -2.14. The van der Waals surface area contributed by atoms with Gasteiger partial charge in [-0.3, -0.25) is 9.59 Å². The number of aliphatic carboxylic acids is 1. The van der Waals surface area contributed by atoms with Gasteiger partial charge in [0.1, 0.15) is 0 Å². The average molecular weight is 343 g/mol. The van der Waals surface area contributed by atoms with Crippen LogP contribution >= 0.6 is 11.8 Å². The van der Waals surface area contributed by atoms with Crippen molar-refractivity contribution in [1.29, 1.82) is 0 Å². The largest absolute Gasteiger partial charge is 0.481 e. The lowest BCUT2D eigenvalue weighted by atomic mass is 10.0. The van der Waals surface area contributed by atoms with Crippen LogP contribution in [0.25, 0.3) is 0 Å². The Balaban J connectivity index is 2.22. The summed E-state index contributed by atoms with van der Waals surface area (Å²) in [6.07, 6.45) is 0. The fourth-order valence-electron chi connectivity index (χ4n) is 2.24. The second-order valence-corrected chi connectivity index (χ2v) is 7.42. The number of carboxylic acid groups (broad SMARTS) is 1. The Hall–Kier alpha value is -2.27. The third-order valence-electron chi connectivity index (χ3n) is 3.51. The molecule has 0 spiro atoms. The van der Waals surface area contributed by atoms with Gasteiger partial charge in [0.05, 0.1) is 11.5 Å². The Morgan fingerprint density at radius 1 is 1.04 bits per heavy atom. The Morgan fingerprint density at radius 2 is 1.75 bits per heavy atom. The van der Waals surface area contributed by atoms with Crippen LogP contribution in [0.5, 0.6) is 0 Å². The van der Waals surface area contributed by atoms with Crippen molar-refractivity contribution < 1.29 is 14.7 Å². The van der Waals surface area contributed by atoms with Gasteiger partial charge in [0, 0.05) is 15.8 Å². The number of hydrogen-bond donors (Lipinski definition) is 2. The summed E-state index contributed by atoms with van der Waals surface area (Å²) in [6.45, 7) is 5.78. The van der Waals surface area contributed by atoms with Crippen LogP contribution in [0.4, 0.5) is 5.69 Å². The van der Waals surface area contributed by atoms with Gasteiger partial charge in [-0.2, -0.15) is 0 Å². The molecular weight excluding hydrogens is 322 g/mol. The predicted octanol–water partition coefficient (Wildman–Crippen LogP) is 4.63. The van der Waals surface area contributed by atoms with Crippen molar-refractivity contribution in [3.63, 3.8) is 0 Å². The number of amides is 1. The number of hydrogen-bond acceptors (Lipinski definition) is 3. The van der Waals surface area contributed by atoms with E-state index in [2.05, 4.69) is 19.2 Å². The van der Waals surface area contributed by atoms with Gasteiger partial charge in [0.2, 0.25) is 0 Å².